The summed E-state index contributed by atoms with van der Waals surface area (Å²) in [7, 11) is 0. The number of morpholine rings is 1. The first-order valence-corrected chi connectivity index (χ1v) is 7.57. The van der Waals surface area contributed by atoms with E-state index in [9.17, 15) is 4.79 Å². The van der Waals surface area contributed by atoms with Crippen molar-refractivity contribution in [1.29, 1.82) is 0 Å². The van der Waals surface area contributed by atoms with E-state index in [1.54, 1.807) is 12.1 Å². The van der Waals surface area contributed by atoms with E-state index in [1.165, 1.54) is 0 Å². The average molecular weight is 313 g/mol. The molecular weight excluding hydrogens is 292 g/mol. The molecule has 21 heavy (non-hydrogen) atoms. The highest BCUT2D eigenvalue weighted by molar-refractivity contribution is 6.33. The van der Waals surface area contributed by atoms with E-state index in [0.717, 1.165) is 39.4 Å². The molecule has 7 heteroatoms. The Morgan fingerprint density at radius 1 is 1.43 bits per heavy atom. The lowest BCUT2D eigenvalue weighted by molar-refractivity contribution is 0.0383. The monoisotopic (exact) mass is 312 g/mol. The molecule has 0 atom stereocenters. The lowest BCUT2D eigenvalue weighted by Crippen LogP contribution is -2.41. The van der Waals surface area contributed by atoms with Crippen molar-refractivity contribution in [2.45, 2.75) is 6.92 Å². The molecule has 0 aromatic carbocycles. The first-order valence-electron chi connectivity index (χ1n) is 7.19. The third kappa shape index (κ3) is 4.84. The van der Waals surface area contributed by atoms with E-state index in [1.807, 2.05) is 6.92 Å². The van der Waals surface area contributed by atoms with Crippen molar-refractivity contribution in [2.75, 3.05) is 51.3 Å². The Kier molecular flexibility index (Phi) is 6.22. The van der Waals surface area contributed by atoms with Gasteiger partial charge in [0.25, 0.3) is 5.91 Å². The number of rotatable bonds is 6. The van der Waals surface area contributed by atoms with Gasteiger partial charge in [0, 0.05) is 32.7 Å². The SMILES string of the molecule is CCNc1ccc(Cl)c(C(=O)NCCN2CCOCC2)n1. The van der Waals surface area contributed by atoms with Crippen LogP contribution in [0.25, 0.3) is 0 Å². The maximum absolute atomic E-state index is 12.1. The molecule has 1 saturated heterocycles. The molecule has 0 bridgehead atoms. The molecule has 1 aliphatic rings. The molecule has 1 aromatic rings. The number of nitrogens with one attached hydrogen (secondary N) is 2. The zero-order valence-electron chi connectivity index (χ0n) is 12.2. The van der Waals surface area contributed by atoms with Crippen LogP contribution in [0.2, 0.25) is 5.02 Å². The number of pyridine rings is 1. The second-order valence-electron chi connectivity index (χ2n) is 4.77. The van der Waals surface area contributed by atoms with Gasteiger partial charge in [0.05, 0.1) is 18.2 Å². The Balaban J connectivity index is 1.85. The molecule has 1 aliphatic heterocycles. The van der Waals surface area contributed by atoms with E-state index < -0.39 is 0 Å². The topological polar surface area (TPSA) is 66.5 Å². The average Bonchev–Trinajstić information content (AvgIpc) is 2.50. The highest BCUT2D eigenvalue weighted by Crippen LogP contribution is 2.16. The van der Waals surface area contributed by atoms with Gasteiger partial charge in [-0.25, -0.2) is 4.98 Å². The van der Waals surface area contributed by atoms with Crippen LogP contribution >= 0.6 is 11.6 Å². The van der Waals surface area contributed by atoms with Crippen molar-refractivity contribution in [3.8, 4) is 0 Å². The van der Waals surface area contributed by atoms with Gasteiger partial charge >= 0.3 is 0 Å². The van der Waals surface area contributed by atoms with Gasteiger partial charge in [0.1, 0.15) is 11.5 Å². The third-order valence-electron chi connectivity index (χ3n) is 3.24. The molecule has 0 radical (unpaired) electrons. The Morgan fingerprint density at radius 2 is 2.19 bits per heavy atom. The number of carbonyl (C=O) groups is 1. The van der Waals surface area contributed by atoms with Crippen LogP contribution in [-0.2, 0) is 4.74 Å². The van der Waals surface area contributed by atoms with Crippen LogP contribution < -0.4 is 10.6 Å². The van der Waals surface area contributed by atoms with Crippen LogP contribution in [0, 0.1) is 0 Å². The lowest BCUT2D eigenvalue weighted by atomic mass is 10.3. The van der Waals surface area contributed by atoms with Gasteiger partial charge in [0.2, 0.25) is 0 Å². The van der Waals surface area contributed by atoms with Gasteiger partial charge in [0.15, 0.2) is 0 Å². The highest BCUT2D eigenvalue weighted by atomic mass is 35.5. The Labute approximate surface area is 129 Å². The predicted molar refractivity (Wildman–Crippen MR) is 83.0 cm³/mol. The number of aromatic nitrogens is 1. The van der Waals surface area contributed by atoms with Crippen LogP contribution in [0.4, 0.5) is 5.82 Å². The molecule has 1 aromatic heterocycles. The molecule has 2 heterocycles. The number of ether oxygens (including phenoxy) is 1. The van der Waals surface area contributed by atoms with E-state index in [-0.39, 0.29) is 11.6 Å². The standard InChI is InChI=1S/C14H21ClN4O2/c1-2-16-12-4-3-11(15)13(18-12)14(20)17-5-6-19-7-9-21-10-8-19/h3-4H,2,5-10H2,1H3,(H,16,18)(H,17,20). The fourth-order valence-electron chi connectivity index (χ4n) is 2.12. The van der Waals surface area contributed by atoms with Gasteiger partial charge < -0.3 is 15.4 Å². The molecule has 116 valence electrons. The lowest BCUT2D eigenvalue weighted by Gasteiger charge is -2.26. The minimum atomic E-state index is -0.243. The van der Waals surface area contributed by atoms with E-state index in [4.69, 9.17) is 16.3 Å². The van der Waals surface area contributed by atoms with Crippen molar-refractivity contribution in [1.82, 2.24) is 15.2 Å². The van der Waals surface area contributed by atoms with E-state index >= 15 is 0 Å². The molecule has 0 unspecified atom stereocenters. The molecule has 1 amide bonds. The van der Waals surface area contributed by atoms with Gasteiger partial charge in [-0.3, -0.25) is 9.69 Å². The molecule has 1 fully saturated rings. The van der Waals surface area contributed by atoms with Gasteiger partial charge in [-0.15, -0.1) is 0 Å². The number of nitrogens with zero attached hydrogens (tertiary/aromatic N) is 2. The smallest absolute Gasteiger partial charge is 0.271 e. The summed E-state index contributed by atoms with van der Waals surface area (Å²) < 4.78 is 5.28. The fourth-order valence-corrected chi connectivity index (χ4v) is 2.31. The highest BCUT2D eigenvalue weighted by Gasteiger charge is 2.14. The van der Waals surface area contributed by atoms with Crippen molar-refractivity contribution in [2.24, 2.45) is 0 Å². The molecule has 2 N–H and O–H groups in total. The maximum atomic E-state index is 12.1. The Morgan fingerprint density at radius 3 is 2.90 bits per heavy atom. The number of hydrogen-bond acceptors (Lipinski definition) is 5. The quantitative estimate of drug-likeness (QED) is 0.827. The Hall–Kier alpha value is -1.37. The van der Waals surface area contributed by atoms with Gasteiger partial charge in [-0.1, -0.05) is 11.6 Å². The number of amides is 1. The van der Waals surface area contributed by atoms with Gasteiger partial charge in [-0.05, 0) is 19.1 Å². The predicted octanol–water partition coefficient (Wildman–Crippen LogP) is 1.23. The van der Waals surface area contributed by atoms with Gasteiger partial charge in [-0.2, -0.15) is 0 Å². The Bertz CT molecular complexity index is 478. The van der Waals surface area contributed by atoms with Crippen LogP contribution in [0.1, 0.15) is 17.4 Å². The number of halogens is 1. The first-order chi connectivity index (χ1) is 10.2. The second-order valence-corrected chi connectivity index (χ2v) is 5.17. The zero-order valence-corrected chi connectivity index (χ0v) is 12.9. The summed E-state index contributed by atoms with van der Waals surface area (Å²) in [5.74, 6) is 0.410. The largest absolute Gasteiger partial charge is 0.379 e. The minimum Gasteiger partial charge on any atom is -0.379 e. The summed E-state index contributed by atoms with van der Waals surface area (Å²) in [5, 5.41) is 6.29. The van der Waals surface area contributed by atoms with Crippen LogP contribution in [0.15, 0.2) is 12.1 Å². The van der Waals surface area contributed by atoms with Crippen LogP contribution in [-0.4, -0.2) is 61.7 Å². The maximum Gasteiger partial charge on any atom is 0.271 e. The summed E-state index contributed by atoms with van der Waals surface area (Å²) in [6.45, 7) is 7.42. The minimum absolute atomic E-state index is 0.243. The number of anilines is 1. The third-order valence-corrected chi connectivity index (χ3v) is 3.54. The summed E-state index contributed by atoms with van der Waals surface area (Å²) in [6, 6.07) is 3.44. The molecule has 6 nitrogen and oxygen atoms in total. The van der Waals surface area contributed by atoms with Crippen molar-refractivity contribution >= 4 is 23.3 Å². The summed E-state index contributed by atoms with van der Waals surface area (Å²) in [6.07, 6.45) is 0. The first kappa shape index (κ1) is 16.0. The van der Waals surface area contributed by atoms with Crippen molar-refractivity contribution in [3.63, 3.8) is 0 Å². The summed E-state index contributed by atoms with van der Waals surface area (Å²) >= 11 is 6.04. The summed E-state index contributed by atoms with van der Waals surface area (Å²) in [5.41, 5.74) is 0.261. The van der Waals surface area contributed by atoms with Crippen molar-refractivity contribution in [3.05, 3.63) is 22.8 Å². The molecule has 0 spiro atoms. The van der Waals surface area contributed by atoms with Crippen LogP contribution in [0.5, 0.6) is 0 Å². The molecule has 2 rings (SSSR count). The molecule has 0 saturated carbocycles. The zero-order chi connectivity index (χ0) is 15.1. The number of hydrogen-bond donors (Lipinski definition) is 2. The van der Waals surface area contributed by atoms with Crippen LogP contribution in [0.3, 0.4) is 0 Å². The number of carbonyl (C=O) groups excluding carboxylic acids is 1. The fraction of sp³-hybridized carbons (Fsp3) is 0.571. The van der Waals surface area contributed by atoms with E-state index in [2.05, 4.69) is 20.5 Å². The molecular formula is C14H21ClN4O2. The normalized spacial score (nSPS) is 15.7. The second kappa shape index (κ2) is 8.17. The molecule has 0 aliphatic carbocycles. The van der Waals surface area contributed by atoms with E-state index in [0.29, 0.717) is 17.4 Å². The summed E-state index contributed by atoms with van der Waals surface area (Å²) in [4.78, 5) is 18.6. The van der Waals surface area contributed by atoms with Crippen molar-refractivity contribution < 1.29 is 9.53 Å².